The number of hydrogen-bond acceptors (Lipinski definition) is 2. The Morgan fingerprint density at radius 3 is 2.74 bits per heavy atom. The first-order chi connectivity index (χ1) is 9.06. The molecule has 104 valence electrons. The molecule has 0 radical (unpaired) electrons. The molecule has 1 aromatic rings. The van der Waals surface area contributed by atoms with Crippen LogP contribution in [0.1, 0.15) is 31.4 Å². The van der Waals surface area contributed by atoms with Crippen LogP contribution in [0.25, 0.3) is 0 Å². The van der Waals surface area contributed by atoms with Gasteiger partial charge in [0.1, 0.15) is 0 Å². The lowest BCUT2D eigenvalue weighted by Gasteiger charge is -2.15. The second-order valence-corrected chi connectivity index (χ2v) is 5.85. The van der Waals surface area contributed by atoms with E-state index in [0.29, 0.717) is 16.6 Å². The Hall–Kier alpha value is -0.770. The van der Waals surface area contributed by atoms with Crippen LogP contribution in [0.15, 0.2) is 18.2 Å². The molecule has 1 unspecified atom stereocenters. The van der Waals surface area contributed by atoms with Crippen molar-refractivity contribution in [3.05, 3.63) is 33.8 Å². The number of hydrogen-bond donors (Lipinski definition) is 2. The summed E-state index contributed by atoms with van der Waals surface area (Å²) in [4.78, 5) is 11.7. The minimum atomic E-state index is -0.0787. The summed E-state index contributed by atoms with van der Waals surface area (Å²) < 4.78 is 0. The zero-order valence-corrected chi connectivity index (χ0v) is 12.4. The van der Waals surface area contributed by atoms with Gasteiger partial charge < -0.3 is 10.6 Å². The summed E-state index contributed by atoms with van der Waals surface area (Å²) in [6.45, 7) is 3.23. The summed E-state index contributed by atoms with van der Waals surface area (Å²) in [5.74, 6) is 0.777. The smallest absolute Gasteiger partial charge is 0.234 e. The lowest BCUT2D eigenvalue weighted by molar-refractivity contribution is -0.120. The van der Waals surface area contributed by atoms with E-state index in [-0.39, 0.29) is 11.9 Å². The normalized spacial score (nSPS) is 16.2. The van der Waals surface area contributed by atoms with Crippen molar-refractivity contribution in [2.45, 2.75) is 25.8 Å². The molecule has 1 saturated carbocycles. The number of carbonyl (C=O) groups excluding carboxylic acids is 1. The van der Waals surface area contributed by atoms with Crippen molar-refractivity contribution in [2.24, 2.45) is 5.92 Å². The zero-order valence-electron chi connectivity index (χ0n) is 10.9. The number of rotatable bonds is 6. The number of benzene rings is 1. The quantitative estimate of drug-likeness (QED) is 0.847. The fourth-order valence-corrected chi connectivity index (χ4v) is 2.18. The first kappa shape index (κ1) is 14.6. The van der Waals surface area contributed by atoms with Gasteiger partial charge in [0.15, 0.2) is 0 Å². The lowest BCUT2D eigenvalue weighted by Crippen LogP contribution is -2.36. The van der Waals surface area contributed by atoms with Crippen molar-refractivity contribution in [1.82, 2.24) is 10.6 Å². The summed E-state index contributed by atoms with van der Waals surface area (Å²) in [6.07, 6.45) is 2.57. The van der Waals surface area contributed by atoms with Gasteiger partial charge >= 0.3 is 0 Å². The van der Waals surface area contributed by atoms with E-state index in [2.05, 4.69) is 10.6 Å². The van der Waals surface area contributed by atoms with Crippen LogP contribution in [-0.2, 0) is 4.79 Å². The molecule has 1 amide bonds. The third-order valence-electron chi connectivity index (χ3n) is 3.24. The molecule has 0 spiro atoms. The molecule has 19 heavy (non-hydrogen) atoms. The summed E-state index contributed by atoms with van der Waals surface area (Å²) in [7, 11) is 0. The Morgan fingerprint density at radius 1 is 1.37 bits per heavy atom. The first-order valence-electron chi connectivity index (χ1n) is 6.51. The highest BCUT2D eigenvalue weighted by atomic mass is 35.5. The molecule has 1 aliphatic rings. The summed E-state index contributed by atoms with van der Waals surface area (Å²) in [6, 6.07) is 5.32. The predicted molar refractivity (Wildman–Crippen MR) is 78.6 cm³/mol. The average molecular weight is 301 g/mol. The van der Waals surface area contributed by atoms with Gasteiger partial charge in [0.2, 0.25) is 5.91 Å². The van der Waals surface area contributed by atoms with E-state index in [1.165, 1.54) is 12.8 Å². The predicted octanol–water partition coefficient (Wildman–Crippen LogP) is 3.17. The van der Waals surface area contributed by atoms with E-state index in [1.54, 1.807) is 12.1 Å². The molecule has 2 rings (SSSR count). The highest BCUT2D eigenvalue weighted by molar-refractivity contribution is 6.42. The molecule has 1 aliphatic carbocycles. The van der Waals surface area contributed by atoms with Gasteiger partial charge in [-0.1, -0.05) is 29.3 Å². The molecule has 0 aromatic heterocycles. The van der Waals surface area contributed by atoms with Gasteiger partial charge in [-0.25, -0.2) is 0 Å². The Bertz CT molecular complexity index is 461. The first-order valence-corrected chi connectivity index (χ1v) is 7.27. The van der Waals surface area contributed by atoms with Crippen LogP contribution >= 0.6 is 23.2 Å². The largest absolute Gasteiger partial charge is 0.348 e. The van der Waals surface area contributed by atoms with Crippen LogP contribution in [0.5, 0.6) is 0 Å². The van der Waals surface area contributed by atoms with E-state index >= 15 is 0 Å². The zero-order chi connectivity index (χ0) is 13.8. The van der Waals surface area contributed by atoms with Crippen LogP contribution in [0.3, 0.4) is 0 Å². The summed E-state index contributed by atoms with van der Waals surface area (Å²) >= 11 is 11.8. The number of halogens is 2. The highest BCUT2D eigenvalue weighted by Crippen LogP contribution is 2.27. The molecule has 5 heteroatoms. The second-order valence-electron chi connectivity index (χ2n) is 5.04. The van der Waals surface area contributed by atoms with E-state index in [1.807, 2.05) is 13.0 Å². The summed E-state index contributed by atoms with van der Waals surface area (Å²) in [5.41, 5.74) is 0.949. The molecule has 1 aromatic carbocycles. The van der Waals surface area contributed by atoms with E-state index in [9.17, 15) is 4.79 Å². The maximum atomic E-state index is 11.7. The minimum absolute atomic E-state index is 0.000720. The number of nitrogens with one attached hydrogen (secondary N) is 2. The van der Waals surface area contributed by atoms with Crippen molar-refractivity contribution >= 4 is 29.1 Å². The molecule has 0 bridgehead atoms. The molecule has 0 heterocycles. The van der Waals surface area contributed by atoms with Crippen molar-refractivity contribution in [2.75, 3.05) is 13.1 Å². The number of amides is 1. The average Bonchev–Trinajstić information content (AvgIpc) is 3.16. The molecule has 1 atom stereocenters. The van der Waals surface area contributed by atoms with Crippen molar-refractivity contribution in [3.8, 4) is 0 Å². The van der Waals surface area contributed by atoms with Crippen LogP contribution in [-0.4, -0.2) is 19.0 Å². The van der Waals surface area contributed by atoms with Crippen molar-refractivity contribution in [3.63, 3.8) is 0 Å². The third kappa shape index (κ3) is 4.68. The van der Waals surface area contributed by atoms with Gasteiger partial charge in [0.25, 0.3) is 0 Å². The topological polar surface area (TPSA) is 41.1 Å². The van der Waals surface area contributed by atoms with Crippen molar-refractivity contribution in [1.29, 1.82) is 0 Å². The third-order valence-corrected chi connectivity index (χ3v) is 3.98. The van der Waals surface area contributed by atoms with Gasteiger partial charge in [0.05, 0.1) is 22.6 Å². The Kier molecular flexibility index (Phi) is 5.08. The summed E-state index contributed by atoms with van der Waals surface area (Å²) in [5, 5.41) is 7.13. The fraction of sp³-hybridized carbons (Fsp3) is 0.500. The Balaban J connectivity index is 1.79. The van der Waals surface area contributed by atoms with E-state index in [0.717, 1.165) is 18.0 Å². The van der Waals surface area contributed by atoms with Gasteiger partial charge in [-0.2, -0.15) is 0 Å². The van der Waals surface area contributed by atoms with Crippen LogP contribution in [0.2, 0.25) is 10.0 Å². The van der Waals surface area contributed by atoms with E-state index in [4.69, 9.17) is 23.2 Å². The second kappa shape index (κ2) is 6.60. The SMILES string of the molecule is CC(NC(=O)CNCC1CC1)c1ccc(Cl)c(Cl)c1. The maximum absolute atomic E-state index is 11.7. The van der Waals surface area contributed by atoms with Crippen LogP contribution in [0, 0.1) is 5.92 Å². The molecule has 3 nitrogen and oxygen atoms in total. The van der Waals surface area contributed by atoms with Crippen molar-refractivity contribution < 1.29 is 4.79 Å². The molecular weight excluding hydrogens is 283 g/mol. The van der Waals surface area contributed by atoms with Gasteiger partial charge in [-0.15, -0.1) is 0 Å². The monoisotopic (exact) mass is 300 g/mol. The molecular formula is C14H18Cl2N2O. The lowest BCUT2D eigenvalue weighted by atomic mass is 10.1. The Morgan fingerprint density at radius 2 is 2.11 bits per heavy atom. The minimum Gasteiger partial charge on any atom is -0.348 e. The Labute approximate surface area is 123 Å². The molecule has 0 aliphatic heterocycles. The van der Waals surface area contributed by atoms with Crippen LogP contribution in [0.4, 0.5) is 0 Å². The number of carbonyl (C=O) groups is 1. The maximum Gasteiger partial charge on any atom is 0.234 e. The highest BCUT2D eigenvalue weighted by Gasteiger charge is 2.20. The molecule has 0 saturated heterocycles. The molecule has 2 N–H and O–H groups in total. The van der Waals surface area contributed by atoms with Crippen LogP contribution < -0.4 is 10.6 Å². The van der Waals surface area contributed by atoms with E-state index < -0.39 is 0 Å². The van der Waals surface area contributed by atoms with Gasteiger partial charge in [-0.05, 0) is 49.9 Å². The fourth-order valence-electron chi connectivity index (χ4n) is 1.87. The molecule has 1 fully saturated rings. The van der Waals surface area contributed by atoms with Gasteiger partial charge in [-0.3, -0.25) is 4.79 Å². The standard InChI is InChI=1S/C14H18Cl2N2O/c1-9(11-4-5-12(15)13(16)6-11)18-14(19)8-17-7-10-2-3-10/h4-6,9-10,17H,2-3,7-8H2,1H3,(H,18,19). The van der Waals surface area contributed by atoms with Gasteiger partial charge in [0, 0.05) is 0 Å².